The lowest BCUT2D eigenvalue weighted by Crippen LogP contribution is -2.34. The van der Waals surface area contributed by atoms with E-state index in [4.69, 9.17) is 4.74 Å². The summed E-state index contributed by atoms with van der Waals surface area (Å²) >= 11 is 0. The van der Waals surface area contributed by atoms with Crippen LogP contribution in [0.1, 0.15) is 47.7 Å². The highest BCUT2D eigenvalue weighted by Gasteiger charge is 2.24. The van der Waals surface area contributed by atoms with Gasteiger partial charge < -0.3 is 20.5 Å². The summed E-state index contributed by atoms with van der Waals surface area (Å²) < 4.78 is 6.23. The first-order valence-electron chi connectivity index (χ1n) is 9.42. The number of piperidine rings is 2. The second-order valence-corrected chi connectivity index (χ2v) is 7.18. The molecule has 1 unspecified atom stereocenters. The van der Waals surface area contributed by atoms with Crippen LogP contribution in [-0.2, 0) is 4.79 Å². The van der Waals surface area contributed by atoms with Crippen LogP contribution in [0.25, 0.3) is 10.8 Å². The van der Waals surface area contributed by atoms with Gasteiger partial charge >= 0.3 is 5.97 Å². The minimum Gasteiger partial charge on any atom is -0.490 e. The Bertz CT molecular complexity index is 877. The summed E-state index contributed by atoms with van der Waals surface area (Å²) in [6.07, 6.45) is 4.84. The Labute approximate surface area is 157 Å². The van der Waals surface area contributed by atoms with Crippen LogP contribution in [0, 0.1) is 0 Å². The van der Waals surface area contributed by atoms with Crippen LogP contribution in [0.4, 0.5) is 0 Å². The molecule has 7 heteroatoms. The molecule has 2 fully saturated rings. The van der Waals surface area contributed by atoms with Gasteiger partial charge in [-0.1, -0.05) is 6.07 Å². The first-order valence-corrected chi connectivity index (χ1v) is 9.42. The monoisotopic (exact) mass is 369 g/mol. The second kappa shape index (κ2) is 7.52. The number of carbonyl (C=O) groups is 2. The average Bonchev–Trinajstić information content (AvgIpc) is 2.68. The first-order chi connectivity index (χ1) is 13.1. The zero-order valence-electron chi connectivity index (χ0n) is 15.0. The van der Waals surface area contributed by atoms with Gasteiger partial charge in [-0.2, -0.15) is 0 Å². The number of benzene rings is 1. The SMILES string of the molecule is O=C1CC(c2ccc(OC3CCNCC3)c3cnc(C(=O)O)cc23)CCN1. The van der Waals surface area contributed by atoms with E-state index >= 15 is 0 Å². The number of ether oxygens (including phenoxy) is 1. The number of carboxylic acids is 1. The number of nitrogens with one attached hydrogen (secondary N) is 2. The molecule has 0 bridgehead atoms. The average molecular weight is 369 g/mol. The van der Waals surface area contributed by atoms with Gasteiger partial charge in [-0.25, -0.2) is 9.78 Å². The van der Waals surface area contributed by atoms with Crippen LogP contribution in [0.5, 0.6) is 5.75 Å². The molecule has 2 saturated heterocycles. The summed E-state index contributed by atoms with van der Waals surface area (Å²) in [4.78, 5) is 27.4. The zero-order chi connectivity index (χ0) is 18.8. The van der Waals surface area contributed by atoms with E-state index in [0.717, 1.165) is 54.4 Å². The number of aromatic carboxylic acids is 1. The summed E-state index contributed by atoms with van der Waals surface area (Å²) in [6, 6.07) is 5.52. The van der Waals surface area contributed by atoms with Gasteiger partial charge in [0.25, 0.3) is 0 Å². The van der Waals surface area contributed by atoms with E-state index in [1.807, 2.05) is 12.1 Å². The Morgan fingerprint density at radius 1 is 1.15 bits per heavy atom. The molecule has 0 aliphatic carbocycles. The molecule has 1 aromatic heterocycles. The summed E-state index contributed by atoms with van der Waals surface area (Å²) in [5, 5.41) is 17.1. The maximum absolute atomic E-state index is 11.8. The molecule has 2 aliphatic rings. The van der Waals surface area contributed by atoms with E-state index < -0.39 is 5.97 Å². The number of aromatic nitrogens is 1. The van der Waals surface area contributed by atoms with Crippen molar-refractivity contribution in [3.05, 3.63) is 35.7 Å². The van der Waals surface area contributed by atoms with Gasteiger partial charge in [0.05, 0.1) is 0 Å². The lowest BCUT2D eigenvalue weighted by molar-refractivity contribution is -0.122. The van der Waals surface area contributed by atoms with Crippen LogP contribution in [0.2, 0.25) is 0 Å². The molecular formula is C20H23N3O4. The van der Waals surface area contributed by atoms with Crippen molar-refractivity contribution in [3.63, 3.8) is 0 Å². The minimum absolute atomic E-state index is 0.00280. The van der Waals surface area contributed by atoms with Crippen molar-refractivity contribution in [2.24, 2.45) is 0 Å². The molecule has 2 aliphatic heterocycles. The number of rotatable bonds is 4. The van der Waals surface area contributed by atoms with Gasteiger partial charge in [0, 0.05) is 24.5 Å². The van der Waals surface area contributed by atoms with Gasteiger partial charge in [0.15, 0.2) is 0 Å². The number of carboxylic acid groups (broad SMARTS) is 1. The predicted molar refractivity (Wildman–Crippen MR) is 100 cm³/mol. The molecule has 27 heavy (non-hydrogen) atoms. The molecule has 3 N–H and O–H groups in total. The Hall–Kier alpha value is -2.67. The summed E-state index contributed by atoms with van der Waals surface area (Å²) in [7, 11) is 0. The molecule has 142 valence electrons. The van der Waals surface area contributed by atoms with Gasteiger partial charge in [0.2, 0.25) is 5.91 Å². The van der Waals surface area contributed by atoms with Crippen molar-refractivity contribution in [1.82, 2.24) is 15.6 Å². The van der Waals surface area contributed by atoms with Crippen LogP contribution in [0.3, 0.4) is 0 Å². The fourth-order valence-electron chi connectivity index (χ4n) is 3.95. The van der Waals surface area contributed by atoms with Crippen molar-refractivity contribution in [2.75, 3.05) is 19.6 Å². The molecule has 4 rings (SSSR count). The molecule has 0 radical (unpaired) electrons. The van der Waals surface area contributed by atoms with Gasteiger partial charge in [-0.05, 0) is 61.4 Å². The quantitative estimate of drug-likeness (QED) is 0.763. The van der Waals surface area contributed by atoms with Crippen molar-refractivity contribution < 1.29 is 19.4 Å². The molecule has 0 spiro atoms. The topological polar surface area (TPSA) is 101 Å². The molecule has 2 aromatic rings. The molecule has 0 saturated carbocycles. The maximum Gasteiger partial charge on any atom is 0.354 e. The molecule has 3 heterocycles. The zero-order valence-corrected chi connectivity index (χ0v) is 15.0. The molecule has 1 amide bonds. The van der Waals surface area contributed by atoms with Crippen LogP contribution < -0.4 is 15.4 Å². The number of hydrogen-bond donors (Lipinski definition) is 3. The van der Waals surface area contributed by atoms with E-state index in [-0.39, 0.29) is 23.6 Å². The molecule has 1 aromatic carbocycles. The lowest BCUT2D eigenvalue weighted by atomic mass is 9.86. The van der Waals surface area contributed by atoms with Crippen LogP contribution in [0.15, 0.2) is 24.4 Å². The fraction of sp³-hybridized carbons (Fsp3) is 0.450. The van der Waals surface area contributed by atoms with Crippen molar-refractivity contribution in [1.29, 1.82) is 0 Å². The smallest absolute Gasteiger partial charge is 0.354 e. The Balaban J connectivity index is 1.76. The third-order valence-electron chi connectivity index (χ3n) is 5.38. The Morgan fingerprint density at radius 3 is 2.70 bits per heavy atom. The van der Waals surface area contributed by atoms with Gasteiger partial charge in [0.1, 0.15) is 17.5 Å². The number of nitrogens with zero attached hydrogens (tertiary/aromatic N) is 1. The fourth-order valence-corrected chi connectivity index (χ4v) is 3.95. The second-order valence-electron chi connectivity index (χ2n) is 7.18. The first kappa shape index (κ1) is 17.7. The van der Waals surface area contributed by atoms with Crippen molar-refractivity contribution >= 4 is 22.6 Å². The number of pyridine rings is 1. The summed E-state index contributed by atoms with van der Waals surface area (Å²) in [5.41, 5.74) is 0.991. The highest BCUT2D eigenvalue weighted by Crippen LogP contribution is 2.37. The van der Waals surface area contributed by atoms with E-state index in [1.165, 1.54) is 0 Å². The lowest BCUT2D eigenvalue weighted by Gasteiger charge is -2.27. The summed E-state index contributed by atoms with van der Waals surface area (Å²) in [6.45, 7) is 2.49. The van der Waals surface area contributed by atoms with Gasteiger partial charge in [-0.3, -0.25) is 4.79 Å². The molecule has 1 atom stereocenters. The van der Waals surface area contributed by atoms with E-state index in [1.54, 1.807) is 12.3 Å². The normalized spacial score (nSPS) is 21.0. The van der Waals surface area contributed by atoms with E-state index in [9.17, 15) is 14.7 Å². The third-order valence-corrected chi connectivity index (χ3v) is 5.38. The molecular weight excluding hydrogens is 346 g/mol. The Morgan fingerprint density at radius 2 is 1.96 bits per heavy atom. The van der Waals surface area contributed by atoms with E-state index in [2.05, 4.69) is 15.6 Å². The Kier molecular flexibility index (Phi) is 4.94. The van der Waals surface area contributed by atoms with Crippen molar-refractivity contribution in [3.8, 4) is 5.75 Å². The minimum atomic E-state index is -1.06. The largest absolute Gasteiger partial charge is 0.490 e. The standard InChI is InChI=1S/C20H23N3O4/c24-19-9-12(3-8-22-19)14-1-2-18(27-13-4-6-21-7-5-13)16-11-23-17(20(25)26)10-15(14)16/h1-2,10-13,21H,3-9H2,(H,22,24)(H,25,26). The highest BCUT2D eigenvalue weighted by atomic mass is 16.5. The number of hydrogen-bond acceptors (Lipinski definition) is 5. The third kappa shape index (κ3) is 3.73. The maximum atomic E-state index is 11.8. The van der Waals surface area contributed by atoms with Gasteiger partial charge in [-0.15, -0.1) is 0 Å². The number of fused-ring (bicyclic) bond motifs is 1. The molecule has 7 nitrogen and oxygen atoms in total. The summed E-state index contributed by atoms with van der Waals surface area (Å²) in [5.74, 6) is -0.237. The van der Waals surface area contributed by atoms with Crippen molar-refractivity contribution in [2.45, 2.75) is 37.7 Å². The predicted octanol–water partition coefficient (Wildman–Crippen LogP) is 2.06. The van der Waals surface area contributed by atoms with Crippen LogP contribution in [-0.4, -0.2) is 47.7 Å². The van der Waals surface area contributed by atoms with E-state index in [0.29, 0.717) is 13.0 Å². The number of amides is 1. The highest BCUT2D eigenvalue weighted by molar-refractivity contribution is 5.96. The number of carbonyl (C=O) groups excluding carboxylic acids is 1. The van der Waals surface area contributed by atoms with Crippen LogP contribution >= 0.6 is 0 Å².